The summed E-state index contributed by atoms with van der Waals surface area (Å²) in [5.41, 5.74) is 0. The standard InChI is InChI=1S/C12H21NO4/c1-11(2)14-5-7(16-11)9-10(13-9)8-6-15-12(3,4)17-8/h7-10,13H,5-6H2,1-4H3/t7-,8-,9-,10+/m0/s1. The van der Waals surface area contributed by atoms with Crippen LogP contribution >= 0.6 is 0 Å². The van der Waals surface area contributed by atoms with E-state index in [1.165, 1.54) is 0 Å². The van der Waals surface area contributed by atoms with Gasteiger partial charge in [-0.05, 0) is 27.7 Å². The van der Waals surface area contributed by atoms with Gasteiger partial charge >= 0.3 is 0 Å². The predicted octanol–water partition coefficient (Wildman–Crippen LogP) is 0.630. The summed E-state index contributed by atoms with van der Waals surface area (Å²) in [5.74, 6) is -0.905. The minimum atomic E-state index is -0.453. The van der Waals surface area contributed by atoms with Crippen molar-refractivity contribution in [3.05, 3.63) is 0 Å². The van der Waals surface area contributed by atoms with Crippen LogP contribution in [0.1, 0.15) is 27.7 Å². The molecule has 0 bridgehead atoms. The molecule has 5 nitrogen and oxygen atoms in total. The van der Waals surface area contributed by atoms with E-state index in [0.717, 1.165) is 0 Å². The van der Waals surface area contributed by atoms with Crippen molar-refractivity contribution in [3.63, 3.8) is 0 Å². The van der Waals surface area contributed by atoms with E-state index in [1.807, 2.05) is 27.7 Å². The highest BCUT2D eigenvalue weighted by molar-refractivity contribution is 5.09. The average molecular weight is 243 g/mol. The number of ether oxygens (including phenoxy) is 4. The molecule has 0 unspecified atom stereocenters. The SMILES string of the molecule is CC1(C)OC[C@@H]([C@@H]2N[C@@H]2[C@@H]2COC(C)(C)O2)O1. The molecule has 0 amide bonds. The largest absolute Gasteiger partial charge is 0.348 e. The summed E-state index contributed by atoms with van der Waals surface area (Å²) in [5, 5.41) is 3.42. The summed E-state index contributed by atoms with van der Waals surface area (Å²) >= 11 is 0. The first kappa shape index (κ1) is 11.9. The van der Waals surface area contributed by atoms with Crippen molar-refractivity contribution in [1.29, 1.82) is 0 Å². The minimum absolute atomic E-state index is 0.127. The lowest BCUT2D eigenvalue weighted by molar-refractivity contribution is -0.142. The Morgan fingerprint density at radius 1 is 0.824 bits per heavy atom. The zero-order chi connectivity index (χ0) is 12.3. The smallest absolute Gasteiger partial charge is 0.163 e. The normalized spacial score (nSPS) is 47.3. The Morgan fingerprint density at radius 3 is 1.53 bits per heavy atom. The van der Waals surface area contributed by atoms with Gasteiger partial charge in [-0.15, -0.1) is 0 Å². The Bertz CT molecular complexity index is 288. The molecule has 0 aromatic rings. The van der Waals surface area contributed by atoms with Gasteiger partial charge in [-0.2, -0.15) is 0 Å². The van der Waals surface area contributed by atoms with Crippen molar-refractivity contribution in [2.45, 2.75) is 63.6 Å². The van der Waals surface area contributed by atoms with E-state index in [1.54, 1.807) is 0 Å². The Morgan fingerprint density at radius 2 is 1.24 bits per heavy atom. The monoisotopic (exact) mass is 243 g/mol. The van der Waals surface area contributed by atoms with Gasteiger partial charge in [-0.3, -0.25) is 0 Å². The Balaban J connectivity index is 1.54. The molecule has 3 fully saturated rings. The second-order valence-electron chi connectivity index (χ2n) is 5.95. The number of rotatable bonds is 2. The summed E-state index contributed by atoms with van der Waals surface area (Å²) in [7, 11) is 0. The van der Waals surface area contributed by atoms with E-state index in [4.69, 9.17) is 18.9 Å². The quantitative estimate of drug-likeness (QED) is 0.721. The van der Waals surface area contributed by atoms with Gasteiger partial charge in [-0.25, -0.2) is 0 Å². The van der Waals surface area contributed by atoms with Crippen LogP contribution in [0.15, 0.2) is 0 Å². The summed E-state index contributed by atoms with van der Waals surface area (Å²) < 4.78 is 22.8. The topological polar surface area (TPSA) is 58.9 Å². The van der Waals surface area contributed by atoms with Crippen LogP contribution < -0.4 is 5.32 Å². The fourth-order valence-electron chi connectivity index (χ4n) is 2.63. The molecular weight excluding hydrogens is 222 g/mol. The van der Waals surface area contributed by atoms with Crippen molar-refractivity contribution in [2.75, 3.05) is 13.2 Å². The number of hydrogen-bond acceptors (Lipinski definition) is 5. The zero-order valence-corrected chi connectivity index (χ0v) is 10.9. The van der Waals surface area contributed by atoms with Crippen LogP contribution in [0.3, 0.4) is 0 Å². The molecule has 0 radical (unpaired) electrons. The van der Waals surface area contributed by atoms with E-state index in [9.17, 15) is 0 Å². The molecule has 1 N–H and O–H groups in total. The predicted molar refractivity (Wildman–Crippen MR) is 60.5 cm³/mol. The van der Waals surface area contributed by atoms with Crippen LogP contribution in [-0.4, -0.2) is 49.1 Å². The first-order valence-corrected chi connectivity index (χ1v) is 6.26. The maximum absolute atomic E-state index is 5.83. The molecule has 0 aromatic carbocycles. The molecule has 5 heteroatoms. The molecule has 0 spiro atoms. The minimum Gasteiger partial charge on any atom is -0.348 e. The highest BCUT2D eigenvalue weighted by Gasteiger charge is 2.54. The molecule has 3 saturated heterocycles. The van der Waals surface area contributed by atoms with E-state index >= 15 is 0 Å². The van der Waals surface area contributed by atoms with Gasteiger partial charge in [0.05, 0.1) is 25.3 Å². The molecule has 3 heterocycles. The van der Waals surface area contributed by atoms with Gasteiger partial charge in [-0.1, -0.05) is 0 Å². The van der Waals surface area contributed by atoms with E-state index in [0.29, 0.717) is 25.3 Å². The van der Waals surface area contributed by atoms with E-state index < -0.39 is 11.6 Å². The van der Waals surface area contributed by atoms with Gasteiger partial charge < -0.3 is 24.3 Å². The first-order chi connectivity index (χ1) is 7.86. The Kier molecular flexibility index (Phi) is 2.55. The fraction of sp³-hybridized carbons (Fsp3) is 1.00. The maximum atomic E-state index is 5.83. The van der Waals surface area contributed by atoms with E-state index in [-0.39, 0.29) is 12.2 Å². The Labute approximate surface area is 102 Å². The molecule has 0 aliphatic carbocycles. The molecule has 0 saturated carbocycles. The summed E-state index contributed by atoms with van der Waals surface area (Å²) in [6.07, 6.45) is 0.254. The van der Waals surface area contributed by atoms with E-state index in [2.05, 4.69) is 5.32 Å². The number of nitrogens with one attached hydrogen (secondary N) is 1. The third-order valence-corrected chi connectivity index (χ3v) is 3.52. The summed E-state index contributed by atoms with van der Waals surface area (Å²) in [6.45, 7) is 9.09. The van der Waals surface area contributed by atoms with Crippen LogP contribution in [0.4, 0.5) is 0 Å². The molecule has 3 aliphatic rings. The van der Waals surface area contributed by atoms with Crippen LogP contribution in [0.5, 0.6) is 0 Å². The van der Waals surface area contributed by atoms with Crippen molar-refractivity contribution in [1.82, 2.24) is 5.32 Å². The number of hydrogen-bond donors (Lipinski definition) is 1. The lowest BCUT2D eigenvalue weighted by atomic mass is 10.1. The van der Waals surface area contributed by atoms with Gasteiger partial charge in [0.2, 0.25) is 0 Å². The van der Waals surface area contributed by atoms with Crippen molar-refractivity contribution in [3.8, 4) is 0 Å². The average Bonchev–Trinajstić information content (AvgIpc) is 2.81. The highest BCUT2D eigenvalue weighted by Crippen LogP contribution is 2.35. The first-order valence-electron chi connectivity index (χ1n) is 6.26. The van der Waals surface area contributed by atoms with Crippen molar-refractivity contribution >= 4 is 0 Å². The lowest BCUT2D eigenvalue weighted by Gasteiger charge is -2.18. The fourth-order valence-corrected chi connectivity index (χ4v) is 2.63. The van der Waals surface area contributed by atoms with Gasteiger partial charge in [0.25, 0.3) is 0 Å². The third kappa shape index (κ3) is 2.35. The van der Waals surface area contributed by atoms with Crippen LogP contribution in [-0.2, 0) is 18.9 Å². The molecule has 17 heavy (non-hydrogen) atoms. The molecular formula is C12H21NO4. The zero-order valence-electron chi connectivity index (χ0n) is 10.9. The molecule has 3 aliphatic heterocycles. The molecule has 3 rings (SSSR count). The maximum Gasteiger partial charge on any atom is 0.163 e. The van der Waals surface area contributed by atoms with Gasteiger partial charge in [0.1, 0.15) is 12.2 Å². The molecule has 4 atom stereocenters. The van der Waals surface area contributed by atoms with Crippen LogP contribution in [0.25, 0.3) is 0 Å². The van der Waals surface area contributed by atoms with Crippen molar-refractivity contribution < 1.29 is 18.9 Å². The summed E-state index contributed by atoms with van der Waals surface area (Å²) in [6, 6.07) is 0.665. The highest BCUT2D eigenvalue weighted by atomic mass is 16.8. The molecule has 98 valence electrons. The Hall–Kier alpha value is -0.200. The second-order valence-corrected chi connectivity index (χ2v) is 5.95. The van der Waals surface area contributed by atoms with Crippen molar-refractivity contribution in [2.24, 2.45) is 0 Å². The van der Waals surface area contributed by atoms with Crippen LogP contribution in [0.2, 0.25) is 0 Å². The van der Waals surface area contributed by atoms with Crippen LogP contribution in [0, 0.1) is 0 Å². The lowest BCUT2D eigenvalue weighted by Crippen LogP contribution is -2.30. The molecule has 0 aromatic heterocycles. The summed E-state index contributed by atoms with van der Waals surface area (Å²) in [4.78, 5) is 0. The van der Waals surface area contributed by atoms with Gasteiger partial charge in [0, 0.05) is 0 Å². The second kappa shape index (κ2) is 3.65. The third-order valence-electron chi connectivity index (χ3n) is 3.52. The van der Waals surface area contributed by atoms with Gasteiger partial charge in [0.15, 0.2) is 11.6 Å².